The van der Waals surface area contributed by atoms with Crippen molar-refractivity contribution in [2.45, 2.75) is 26.3 Å². The number of hydrogen-bond acceptors (Lipinski definition) is 4. The van der Waals surface area contributed by atoms with Gasteiger partial charge in [-0.2, -0.15) is 0 Å². The molecule has 4 nitrogen and oxygen atoms in total. The molecule has 0 aromatic heterocycles. The van der Waals surface area contributed by atoms with Crippen LogP contribution in [0.4, 0.5) is 0 Å². The van der Waals surface area contributed by atoms with E-state index in [1.54, 1.807) is 6.92 Å². The largest absolute Gasteiger partial charge is 0.482 e. The smallest absolute Gasteiger partial charge is 0.344 e. The van der Waals surface area contributed by atoms with E-state index in [4.69, 9.17) is 15.2 Å². The van der Waals surface area contributed by atoms with Crippen molar-refractivity contribution in [3.05, 3.63) is 29.8 Å². The van der Waals surface area contributed by atoms with Crippen molar-refractivity contribution in [2.24, 2.45) is 5.73 Å². The summed E-state index contributed by atoms with van der Waals surface area (Å²) in [7, 11) is 0. The number of carbonyl (C=O) groups excluding carboxylic acids is 1. The Bertz CT molecular complexity index is 348. The molecule has 1 aromatic rings. The van der Waals surface area contributed by atoms with Crippen LogP contribution in [0.1, 0.15) is 31.9 Å². The molecule has 0 bridgehead atoms. The van der Waals surface area contributed by atoms with E-state index >= 15 is 0 Å². The van der Waals surface area contributed by atoms with Gasteiger partial charge in [-0.15, -0.1) is 0 Å². The first kappa shape index (κ1) is 13.5. The van der Waals surface area contributed by atoms with Gasteiger partial charge < -0.3 is 15.2 Å². The summed E-state index contributed by atoms with van der Waals surface area (Å²) in [6.45, 7) is 4.11. The summed E-state index contributed by atoms with van der Waals surface area (Å²) in [5.41, 5.74) is 6.96. The summed E-state index contributed by atoms with van der Waals surface area (Å²) in [4.78, 5) is 11.1. The zero-order chi connectivity index (χ0) is 12.7. The average molecular weight is 237 g/mol. The number of carbonyl (C=O) groups is 1. The van der Waals surface area contributed by atoms with Crippen molar-refractivity contribution in [3.8, 4) is 5.75 Å². The quantitative estimate of drug-likeness (QED) is 0.769. The molecule has 0 saturated carbocycles. The lowest BCUT2D eigenvalue weighted by Crippen LogP contribution is -2.14. The lowest BCUT2D eigenvalue weighted by Gasteiger charge is -2.10. The predicted octanol–water partition coefficient (Wildman–Crippen LogP) is 2.04. The minimum Gasteiger partial charge on any atom is -0.482 e. The highest BCUT2D eigenvalue weighted by Gasteiger charge is 2.05. The van der Waals surface area contributed by atoms with Crippen LogP contribution in [0.25, 0.3) is 0 Å². The van der Waals surface area contributed by atoms with Crippen LogP contribution in [0.15, 0.2) is 24.3 Å². The lowest BCUT2D eigenvalue weighted by atomic mass is 10.1. The van der Waals surface area contributed by atoms with E-state index in [0.717, 1.165) is 12.0 Å². The second-order valence-electron chi connectivity index (χ2n) is 3.68. The summed E-state index contributed by atoms with van der Waals surface area (Å²) in [5.74, 6) is 0.284. The monoisotopic (exact) mass is 237 g/mol. The number of hydrogen-bond donors (Lipinski definition) is 1. The van der Waals surface area contributed by atoms with Crippen molar-refractivity contribution in [1.82, 2.24) is 0 Å². The van der Waals surface area contributed by atoms with Gasteiger partial charge in [0, 0.05) is 6.04 Å². The second kappa shape index (κ2) is 6.91. The number of esters is 1. The fraction of sp³-hybridized carbons (Fsp3) is 0.462. The van der Waals surface area contributed by atoms with Gasteiger partial charge in [0.1, 0.15) is 5.75 Å². The Labute approximate surface area is 102 Å². The second-order valence-corrected chi connectivity index (χ2v) is 3.68. The first-order chi connectivity index (χ1) is 8.17. The minimum absolute atomic E-state index is 0.0501. The zero-order valence-electron chi connectivity index (χ0n) is 10.3. The Morgan fingerprint density at radius 2 is 1.94 bits per heavy atom. The number of benzene rings is 1. The van der Waals surface area contributed by atoms with Gasteiger partial charge in [-0.1, -0.05) is 19.1 Å². The van der Waals surface area contributed by atoms with Crippen molar-refractivity contribution < 1.29 is 14.3 Å². The first-order valence-corrected chi connectivity index (χ1v) is 5.81. The third-order valence-electron chi connectivity index (χ3n) is 2.41. The number of ether oxygens (including phenoxy) is 2. The van der Waals surface area contributed by atoms with Crippen molar-refractivity contribution in [3.63, 3.8) is 0 Å². The van der Waals surface area contributed by atoms with Crippen LogP contribution in [0.2, 0.25) is 0 Å². The Morgan fingerprint density at radius 3 is 2.47 bits per heavy atom. The Hall–Kier alpha value is -1.55. The summed E-state index contributed by atoms with van der Waals surface area (Å²) in [5, 5.41) is 0. The highest BCUT2D eigenvalue weighted by molar-refractivity contribution is 5.71. The van der Waals surface area contributed by atoms with Crippen LogP contribution >= 0.6 is 0 Å². The predicted molar refractivity (Wildman–Crippen MR) is 65.8 cm³/mol. The normalized spacial score (nSPS) is 11.9. The molecule has 4 heteroatoms. The van der Waals surface area contributed by atoms with E-state index in [1.807, 2.05) is 31.2 Å². The topological polar surface area (TPSA) is 61.5 Å². The fourth-order valence-corrected chi connectivity index (χ4v) is 1.39. The van der Waals surface area contributed by atoms with Gasteiger partial charge >= 0.3 is 5.97 Å². The summed E-state index contributed by atoms with van der Waals surface area (Å²) >= 11 is 0. The zero-order valence-corrected chi connectivity index (χ0v) is 10.3. The third kappa shape index (κ3) is 4.44. The van der Waals surface area contributed by atoms with Crippen LogP contribution in [0.3, 0.4) is 0 Å². The summed E-state index contributed by atoms with van der Waals surface area (Å²) < 4.78 is 10.0. The molecule has 2 N–H and O–H groups in total. The standard InChI is InChI=1S/C13H19NO3/c1-3-12(14)10-5-7-11(8-6-10)17-9-13(15)16-4-2/h5-8,12H,3-4,9,14H2,1-2H3/t12-/m0/s1. The van der Waals surface area contributed by atoms with Gasteiger partial charge in [-0.3, -0.25) is 0 Å². The number of nitrogens with two attached hydrogens (primary N) is 1. The molecule has 0 aliphatic rings. The highest BCUT2D eigenvalue weighted by atomic mass is 16.6. The SMILES string of the molecule is CCOC(=O)COc1ccc([C@@H](N)CC)cc1. The van der Waals surface area contributed by atoms with Gasteiger partial charge in [-0.25, -0.2) is 4.79 Å². The van der Waals surface area contributed by atoms with E-state index in [9.17, 15) is 4.79 Å². The molecule has 0 aliphatic heterocycles. The molecule has 0 fully saturated rings. The van der Waals surface area contributed by atoms with Crippen LogP contribution in [0.5, 0.6) is 5.75 Å². The maximum absolute atomic E-state index is 11.1. The third-order valence-corrected chi connectivity index (χ3v) is 2.41. The number of rotatable bonds is 6. The summed E-state index contributed by atoms with van der Waals surface area (Å²) in [6.07, 6.45) is 0.892. The van der Waals surface area contributed by atoms with Crippen molar-refractivity contribution in [2.75, 3.05) is 13.2 Å². The molecule has 1 aromatic carbocycles. The molecule has 1 atom stereocenters. The lowest BCUT2D eigenvalue weighted by molar-refractivity contribution is -0.145. The molecule has 0 amide bonds. The molecule has 17 heavy (non-hydrogen) atoms. The summed E-state index contributed by atoms with van der Waals surface area (Å²) in [6, 6.07) is 7.49. The van der Waals surface area contributed by atoms with Gasteiger partial charge in [0.05, 0.1) is 6.61 Å². The van der Waals surface area contributed by atoms with Crippen LogP contribution in [0, 0.1) is 0 Å². The molecule has 0 saturated heterocycles. The van der Waals surface area contributed by atoms with E-state index < -0.39 is 0 Å². The van der Waals surface area contributed by atoms with E-state index in [1.165, 1.54) is 0 Å². The van der Waals surface area contributed by atoms with Crippen LogP contribution < -0.4 is 10.5 Å². The van der Waals surface area contributed by atoms with Crippen LogP contribution in [-0.4, -0.2) is 19.2 Å². The van der Waals surface area contributed by atoms with Crippen LogP contribution in [-0.2, 0) is 9.53 Å². The fourth-order valence-electron chi connectivity index (χ4n) is 1.39. The first-order valence-electron chi connectivity index (χ1n) is 5.81. The molecule has 0 spiro atoms. The molecule has 0 unspecified atom stereocenters. The van der Waals surface area contributed by atoms with Gasteiger partial charge in [0.15, 0.2) is 6.61 Å². The molecule has 1 rings (SSSR count). The molecule has 0 radical (unpaired) electrons. The van der Waals surface area contributed by atoms with Gasteiger partial charge in [0.2, 0.25) is 0 Å². The van der Waals surface area contributed by atoms with Gasteiger partial charge in [0.25, 0.3) is 0 Å². The molecular formula is C13H19NO3. The maximum Gasteiger partial charge on any atom is 0.344 e. The van der Waals surface area contributed by atoms with Crippen molar-refractivity contribution in [1.29, 1.82) is 0 Å². The van der Waals surface area contributed by atoms with Crippen molar-refractivity contribution >= 4 is 5.97 Å². The maximum atomic E-state index is 11.1. The molecular weight excluding hydrogens is 218 g/mol. The Kier molecular flexibility index (Phi) is 5.49. The van der Waals surface area contributed by atoms with E-state index in [0.29, 0.717) is 12.4 Å². The molecule has 0 heterocycles. The average Bonchev–Trinajstić information content (AvgIpc) is 2.36. The highest BCUT2D eigenvalue weighted by Crippen LogP contribution is 2.18. The minimum atomic E-state index is -0.359. The van der Waals surface area contributed by atoms with E-state index in [-0.39, 0.29) is 18.6 Å². The Balaban J connectivity index is 2.48. The molecule has 94 valence electrons. The van der Waals surface area contributed by atoms with E-state index in [2.05, 4.69) is 0 Å². The molecule has 0 aliphatic carbocycles. The van der Waals surface area contributed by atoms with Gasteiger partial charge in [-0.05, 0) is 31.0 Å². The Morgan fingerprint density at radius 1 is 1.29 bits per heavy atom.